The smallest absolute Gasteiger partial charge is 0.196 e. The Bertz CT molecular complexity index is 446. The van der Waals surface area contributed by atoms with Gasteiger partial charge in [0.1, 0.15) is 11.9 Å². The zero-order valence-corrected chi connectivity index (χ0v) is 8.40. The second kappa shape index (κ2) is 3.23. The fourth-order valence-corrected chi connectivity index (χ4v) is 2.27. The van der Waals surface area contributed by atoms with Gasteiger partial charge in [-0.1, -0.05) is 18.2 Å². The standard InChI is InChI=1S/C13H12O2/c14-13-9-5-1-3-7-11(9)15-12-8-4-2-6-10(12)13/h1,3,5-7,12H,2,4,8H2. The Kier molecular flexibility index (Phi) is 1.88. The van der Waals surface area contributed by atoms with Crippen LogP contribution >= 0.6 is 0 Å². The van der Waals surface area contributed by atoms with Gasteiger partial charge in [-0.05, 0) is 31.4 Å². The predicted octanol–water partition coefficient (Wildman–Crippen LogP) is 2.74. The van der Waals surface area contributed by atoms with E-state index >= 15 is 0 Å². The van der Waals surface area contributed by atoms with Crippen LogP contribution in [0.1, 0.15) is 29.6 Å². The zero-order chi connectivity index (χ0) is 10.3. The normalized spacial score (nSPS) is 23.6. The highest BCUT2D eigenvalue weighted by Crippen LogP contribution is 2.34. The van der Waals surface area contributed by atoms with Crippen LogP contribution in [-0.4, -0.2) is 11.9 Å². The summed E-state index contributed by atoms with van der Waals surface area (Å²) in [5, 5.41) is 0. The molecule has 2 nitrogen and oxygen atoms in total. The largest absolute Gasteiger partial charge is 0.485 e. The van der Waals surface area contributed by atoms with Crippen molar-refractivity contribution in [2.24, 2.45) is 0 Å². The van der Waals surface area contributed by atoms with Crippen molar-refractivity contribution in [3.63, 3.8) is 0 Å². The molecule has 0 bridgehead atoms. The van der Waals surface area contributed by atoms with Gasteiger partial charge in [0.25, 0.3) is 0 Å². The molecule has 76 valence electrons. The van der Waals surface area contributed by atoms with Gasteiger partial charge in [-0.2, -0.15) is 0 Å². The van der Waals surface area contributed by atoms with Crippen LogP contribution < -0.4 is 4.74 Å². The second-order valence-electron chi connectivity index (χ2n) is 4.02. The molecule has 1 atom stereocenters. The lowest BCUT2D eigenvalue weighted by Gasteiger charge is -2.29. The van der Waals surface area contributed by atoms with Gasteiger partial charge >= 0.3 is 0 Å². The molecule has 0 saturated heterocycles. The number of carbonyl (C=O) groups excluding carboxylic acids is 1. The molecule has 1 aromatic carbocycles. The molecule has 15 heavy (non-hydrogen) atoms. The van der Waals surface area contributed by atoms with E-state index in [9.17, 15) is 4.79 Å². The Hall–Kier alpha value is -1.57. The summed E-state index contributed by atoms with van der Waals surface area (Å²) in [6.45, 7) is 0. The highest BCUT2D eigenvalue weighted by molar-refractivity contribution is 6.12. The Morgan fingerprint density at radius 1 is 1.27 bits per heavy atom. The van der Waals surface area contributed by atoms with E-state index in [0.29, 0.717) is 5.56 Å². The number of allylic oxidation sites excluding steroid dienone is 1. The van der Waals surface area contributed by atoms with Crippen molar-refractivity contribution in [3.8, 4) is 5.75 Å². The van der Waals surface area contributed by atoms with E-state index in [2.05, 4.69) is 0 Å². The van der Waals surface area contributed by atoms with Gasteiger partial charge in [-0.15, -0.1) is 0 Å². The molecule has 3 rings (SSSR count). The van der Waals surface area contributed by atoms with Crippen molar-refractivity contribution in [2.75, 3.05) is 0 Å². The maximum atomic E-state index is 12.1. The van der Waals surface area contributed by atoms with E-state index in [-0.39, 0.29) is 11.9 Å². The molecular formula is C13H12O2. The van der Waals surface area contributed by atoms with Crippen LogP contribution in [0, 0.1) is 0 Å². The lowest BCUT2D eigenvalue weighted by Crippen LogP contribution is -2.31. The molecule has 1 aliphatic carbocycles. The van der Waals surface area contributed by atoms with E-state index in [1.807, 2.05) is 30.3 Å². The summed E-state index contributed by atoms with van der Waals surface area (Å²) in [6.07, 6.45) is 5.12. The van der Waals surface area contributed by atoms with Crippen molar-refractivity contribution in [1.82, 2.24) is 0 Å². The minimum atomic E-state index is 0.00106. The maximum Gasteiger partial charge on any atom is 0.196 e. The summed E-state index contributed by atoms with van der Waals surface area (Å²) < 4.78 is 5.82. The van der Waals surface area contributed by atoms with Crippen LogP contribution in [0.5, 0.6) is 5.75 Å². The number of ether oxygens (including phenoxy) is 1. The topological polar surface area (TPSA) is 26.3 Å². The third-order valence-electron chi connectivity index (χ3n) is 3.04. The fraction of sp³-hybridized carbons (Fsp3) is 0.308. The van der Waals surface area contributed by atoms with Gasteiger partial charge in [0.2, 0.25) is 0 Å². The van der Waals surface area contributed by atoms with E-state index in [1.54, 1.807) is 0 Å². The number of ketones is 1. The summed E-state index contributed by atoms with van der Waals surface area (Å²) in [7, 11) is 0. The lowest BCUT2D eigenvalue weighted by molar-refractivity contribution is 0.0947. The van der Waals surface area contributed by atoms with Crippen LogP contribution in [0.15, 0.2) is 35.9 Å². The number of hydrogen-bond donors (Lipinski definition) is 0. The van der Waals surface area contributed by atoms with Gasteiger partial charge in [0.15, 0.2) is 5.78 Å². The number of rotatable bonds is 0. The summed E-state index contributed by atoms with van der Waals surface area (Å²) in [6, 6.07) is 7.50. The molecular weight excluding hydrogens is 188 g/mol. The molecule has 1 aliphatic heterocycles. The van der Waals surface area contributed by atoms with E-state index < -0.39 is 0 Å². The Morgan fingerprint density at radius 2 is 2.13 bits per heavy atom. The number of carbonyl (C=O) groups is 1. The number of benzene rings is 1. The first-order valence-electron chi connectivity index (χ1n) is 5.37. The van der Waals surface area contributed by atoms with Crippen LogP contribution in [0.25, 0.3) is 0 Å². The molecule has 2 aliphatic rings. The van der Waals surface area contributed by atoms with Crippen molar-refractivity contribution in [3.05, 3.63) is 41.5 Å². The first kappa shape index (κ1) is 8.72. The Balaban J connectivity index is 2.12. The average Bonchev–Trinajstić information content (AvgIpc) is 2.30. The van der Waals surface area contributed by atoms with Crippen LogP contribution in [0.2, 0.25) is 0 Å². The van der Waals surface area contributed by atoms with Crippen LogP contribution in [-0.2, 0) is 0 Å². The molecule has 1 heterocycles. The Labute approximate surface area is 88.6 Å². The van der Waals surface area contributed by atoms with E-state index in [4.69, 9.17) is 4.74 Å². The van der Waals surface area contributed by atoms with Crippen molar-refractivity contribution in [1.29, 1.82) is 0 Å². The van der Waals surface area contributed by atoms with Gasteiger partial charge in [-0.3, -0.25) is 4.79 Å². The number of fused-ring (bicyclic) bond motifs is 2. The predicted molar refractivity (Wildman–Crippen MR) is 57.1 cm³/mol. The third kappa shape index (κ3) is 1.29. The molecule has 2 heteroatoms. The molecule has 0 radical (unpaired) electrons. The molecule has 1 aromatic rings. The number of Topliss-reactive ketones (excluding diaryl/α,β-unsaturated/α-hetero) is 1. The Morgan fingerprint density at radius 3 is 3.07 bits per heavy atom. The molecule has 0 spiro atoms. The van der Waals surface area contributed by atoms with Gasteiger partial charge < -0.3 is 4.74 Å². The summed E-state index contributed by atoms with van der Waals surface area (Å²) in [4.78, 5) is 12.1. The van der Waals surface area contributed by atoms with Gasteiger partial charge in [0, 0.05) is 5.57 Å². The first-order valence-corrected chi connectivity index (χ1v) is 5.37. The minimum Gasteiger partial charge on any atom is -0.485 e. The van der Waals surface area contributed by atoms with Crippen molar-refractivity contribution < 1.29 is 9.53 Å². The summed E-state index contributed by atoms with van der Waals surface area (Å²) in [5.41, 5.74) is 1.57. The van der Waals surface area contributed by atoms with E-state index in [1.165, 1.54) is 0 Å². The SMILES string of the molecule is O=C1C2=CCCCC2Oc2ccccc21. The summed E-state index contributed by atoms with van der Waals surface area (Å²) >= 11 is 0. The fourth-order valence-electron chi connectivity index (χ4n) is 2.27. The van der Waals surface area contributed by atoms with Crippen molar-refractivity contribution >= 4 is 5.78 Å². The second-order valence-corrected chi connectivity index (χ2v) is 4.02. The number of para-hydroxylation sites is 1. The maximum absolute atomic E-state index is 12.1. The molecule has 1 unspecified atom stereocenters. The summed E-state index contributed by atoms with van der Waals surface area (Å²) in [5.74, 6) is 0.896. The molecule has 0 N–H and O–H groups in total. The molecule has 0 saturated carbocycles. The van der Waals surface area contributed by atoms with Crippen molar-refractivity contribution in [2.45, 2.75) is 25.4 Å². The minimum absolute atomic E-state index is 0.00106. The van der Waals surface area contributed by atoms with Gasteiger partial charge in [0.05, 0.1) is 5.56 Å². The monoisotopic (exact) mass is 200 g/mol. The first-order chi connectivity index (χ1) is 7.36. The highest BCUT2D eigenvalue weighted by Gasteiger charge is 2.32. The third-order valence-corrected chi connectivity index (χ3v) is 3.04. The quantitative estimate of drug-likeness (QED) is 0.643. The van der Waals surface area contributed by atoms with Crippen LogP contribution in [0.4, 0.5) is 0 Å². The zero-order valence-electron chi connectivity index (χ0n) is 8.40. The molecule has 0 fully saturated rings. The average molecular weight is 200 g/mol. The van der Waals surface area contributed by atoms with Crippen LogP contribution in [0.3, 0.4) is 0 Å². The van der Waals surface area contributed by atoms with E-state index in [0.717, 1.165) is 30.6 Å². The number of hydrogen-bond acceptors (Lipinski definition) is 2. The van der Waals surface area contributed by atoms with Gasteiger partial charge in [-0.25, -0.2) is 0 Å². The lowest BCUT2D eigenvalue weighted by atomic mass is 9.88. The highest BCUT2D eigenvalue weighted by atomic mass is 16.5. The molecule has 0 aromatic heterocycles. The molecule has 0 amide bonds.